The third-order valence-electron chi connectivity index (χ3n) is 4.18. The maximum Gasteiger partial charge on any atom is 0.259 e. The first-order valence-electron chi connectivity index (χ1n) is 8.62. The molecule has 1 aromatic heterocycles. The second-order valence-corrected chi connectivity index (χ2v) is 6.49. The number of carbonyl (C=O) groups excluding carboxylic acids is 2. The maximum atomic E-state index is 12.7. The number of carbonyl (C=O) groups is 2. The Morgan fingerprint density at radius 2 is 1.52 bits per heavy atom. The summed E-state index contributed by atoms with van der Waals surface area (Å²) < 4.78 is 0. The Labute approximate surface area is 158 Å². The molecule has 0 saturated heterocycles. The molecule has 1 N–H and O–H groups in total. The third kappa shape index (κ3) is 4.39. The molecule has 27 heavy (non-hydrogen) atoms. The number of aryl methyl sites for hydroxylation is 2. The summed E-state index contributed by atoms with van der Waals surface area (Å²) in [4.78, 5) is 30.9. The van der Waals surface area contributed by atoms with Gasteiger partial charge < -0.3 is 10.2 Å². The molecule has 2 aromatic carbocycles. The number of para-hydroxylation sites is 1. The van der Waals surface area contributed by atoms with Crippen LogP contribution in [0.4, 0.5) is 11.4 Å². The van der Waals surface area contributed by atoms with Gasteiger partial charge in [0.05, 0.1) is 11.1 Å². The van der Waals surface area contributed by atoms with Gasteiger partial charge in [0.25, 0.3) is 11.8 Å². The Balaban J connectivity index is 1.80. The van der Waals surface area contributed by atoms with Gasteiger partial charge in [-0.05, 0) is 55.3 Å². The Bertz CT molecular complexity index is 964. The van der Waals surface area contributed by atoms with Crippen molar-refractivity contribution in [3.05, 3.63) is 89.2 Å². The molecule has 0 spiro atoms. The van der Waals surface area contributed by atoms with Crippen molar-refractivity contribution in [3.8, 4) is 0 Å². The summed E-state index contributed by atoms with van der Waals surface area (Å²) in [6.45, 7) is 3.95. The number of pyridine rings is 1. The molecule has 0 bridgehead atoms. The molecule has 136 valence electrons. The van der Waals surface area contributed by atoms with Crippen LogP contribution >= 0.6 is 0 Å². The van der Waals surface area contributed by atoms with Crippen molar-refractivity contribution >= 4 is 23.2 Å². The van der Waals surface area contributed by atoms with E-state index in [1.807, 2.05) is 62.4 Å². The van der Waals surface area contributed by atoms with Gasteiger partial charge >= 0.3 is 0 Å². The average Bonchev–Trinajstić information content (AvgIpc) is 2.67. The Hall–Kier alpha value is -3.47. The van der Waals surface area contributed by atoms with E-state index in [1.54, 1.807) is 13.1 Å². The predicted octanol–water partition coefficient (Wildman–Crippen LogP) is 4.23. The number of nitrogens with zero attached hydrogens (tertiary/aromatic N) is 2. The Morgan fingerprint density at radius 1 is 0.889 bits per heavy atom. The number of hydrogen-bond acceptors (Lipinski definition) is 3. The van der Waals surface area contributed by atoms with Gasteiger partial charge in [0.15, 0.2) is 0 Å². The minimum atomic E-state index is -0.301. The van der Waals surface area contributed by atoms with Crippen LogP contribution in [0.25, 0.3) is 0 Å². The summed E-state index contributed by atoms with van der Waals surface area (Å²) in [6, 6.07) is 16.7. The van der Waals surface area contributed by atoms with Crippen LogP contribution in [0.2, 0.25) is 0 Å². The van der Waals surface area contributed by atoms with Gasteiger partial charge in [0, 0.05) is 30.8 Å². The highest BCUT2D eigenvalue weighted by atomic mass is 16.2. The molecule has 0 aliphatic carbocycles. The molecule has 0 radical (unpaired) electrons. The zero-order chi connectivity index (χ0) is 19.4. The summed E-state index contributed by atoms with van der Waals surface area (Å²) in [5.74, 6) is -0.528. The third-order valence-corrected chi connectivity index (χ3v) is 4.18. The van der Waals surface area contributed by atoms with E-state index in [1.165, 1.54) is 17.3 Å². The molecule has 0 aliphatic rings. The first-order valence-corrected chi connectivity index (χ1v) is 8.62. The van der Waals surface area contributed by atoms with Gasteiger partial charge in [-0.25, -0.2) is 0 Å². The standard InChI is InChI=1S/C22H21N3O2/c1-15-9-16(2)11-19(10-15)24-21(26)17-12-18(14-23-13-17)22(27)25(3)20-7-5-4-6-8-20/h4-14H,1-3H3,(H,24,26). The molecule has 0 fully saturated rings. The fourth-order valence-electron chi connectivity index (χ4n) is 2.89. The second kappa shape index (κ2) is 7.83. The minimum absolute atomic E-state index is 0.227. The summed E-state index contributed by atoms with van der Waals surface area (Å²) in [5.41, 5.74) is 4.31. The number of nitrogens with one attached hydrogen (secondary N) is 1. The molecule has 5 heteroatoms. The quantitative estimate of drug-likeness (QED) is 0.758. The van der Waals surface area contributed by atoms with Crippen LogP contribution in [0.15, 0.2) is 67.0 Å². The van der Waals surface area contributed by atoms with Crippen molar-refractivity contribution in [2.75, 3.05) is 17.3 Å². The monoisotopic (exact) mass is 359 g/mol. The topological polar surface area (TPSA) is 62.3 Å². The van der Waals surface area contributed by atoms with E-state index in [9.17, 15) is 9.59 Å². The van der Waals surface area contributed by atoms with E-state index >= 15 is 0 Å². The number of rotatable bonds is 4. The van der Waals surface area contributed by atoms with Crippen molar-refractivity contribution in [3.63, 3.8) is 0 Å². The maximum absolute atomic E-state index is 12.7. The van der Waals surface area contributed by atoms with Gasteiger partial charge in [-0.1, -0.05) is 24.3 Å². The molecule has 0 unspecified atom stereocenters. The fraction of sp³-hybridized carbons (Fsp3) is 0.136. The van der Waals surface area contributed by atoms with E-state index in [-0.39, 0.29) is 11.8 Å². The van der Waals surface area contributed by atoms with Crippen molar-refractivity contribution < 1.29 is 9.59 Å². The van der Waals surface area contributed by atoms with Crippen LogP contribution in [0.5, 0.6) is 0 Å². The SMILES string of the molecule is Cc1cc(C)cc(NC(=O)c2cncc(C(=O)N(C)c3ccccc3)c2)c1. The van der Waals surface area contributed by atoms with E-state index in [4.69, 9.17) is 0 Å². The van der Waals surface area contributed by atoms with Crippen molar-refractivity contribution in [1.82, 2.24) is 4.98 Å². The average molecular weight is 359 g/mol. The fourth-order valence-corrected chi connectivity index (χ4v) is 2.89. The van der Waals surface area contributed by atoms with Crippen LogP contribution in [-0.2, 0) is 0 Å². The zero-order valence-electron chi connectivity index (χ0n) is 15.6. The van der Waals surface area contributed by atoms with E-state index < -0.39 is 0 Å². The number of benzene rings is 2. The largest absolute Gasteiger partial charge is 0.322 e. The normalized spacial score (nSPS) is 10.3. The molecule has 0 saturated carbocycles. The zero-order valence-corrected chi connectivity index (χ0v) is 15.6. The Kier molecular flexibility index (Phi) is 5.31. The molecule has 1 heterocycles. The number of aromatic nitrogens is 1. The van der Waals surface area contributed by atoms with Crippen molar-refractivity contribution in [2.45, 2.75) is 13.8 Å². The number of hydrogen-bond donors (Lipinski definition) is 1. The lowest BCUT2D eigenvalue weighted by Gasteiger charge is -2.17. The molecular weight excluding hydrogens is 338 g/mol. The summed E-state index contributed by atoms with van der Waals surface area (Å²) >= 11 is 0. The first-order chi connectivity index (χ1) is 12.9. The van der Waals surface area contributed by atoms with Gasteiger partial charge in [-0.3, -0.25) is 14.6 Å². The van der Waals surface area contributed by atoms with E-state index in [0.717, 1.165) is 22.5 Å². The molecular formula is C22H21N3O2. The van der Waals surface area contributed by atoms with Crippen LogP contribution in [0, 0.1) is 13.8 Å². The van der Waals surface area contributed by atoms with Gasteiger partial charge in [0.1, 0.15) is 0 Å². The van der Waals surface area contributed by atoms with Crippen LogP contribution in [-0.4, -0.2) is 23.8 Å². The molecule has 5 nitrogen and oxygen atoms in total. The smallest absolute Gasteiger partial charge is 0.259 e. The highest BCUT2D eigenvalue weighted by molar-refractivity contribution is 6.09. The van der Waals surface area contributed by atoms with Crippen LogP contribution in [0.3, 0.4) is 0 Å². The highest BCUT2D eigenvalue weighted by Gasteiger charge is 2.16. The first kappa shape index (κ1) is 18.3. The van der Waals surface area contributed by atoms with E-state index in [2.05, 4.69) is 10.3 Å². The van der Waals surface area contributed by atoms with Crippen LogP contribution < -0.4 is 10.2 Å². The molecule has 0 atom stereocenters. The van der Waals surface area contributed by atoms with Crippen LogP contribution in [0.1, 0.15) is 31.8 Å². The lowest BCUT2D eigenvalue weighted by Crippen LogP contribution is -2.26. The Morgan fingerprint density at radius 3 is 2.19 bits per heavy atom. The molecule has 3 aromatic rings. The predicted molar refractivity (Wildman–Crippen MR) is 107 cm³/mol. The molecule has 3 rings (SSSR count). The van der Waals surface area contributed by atoms with Crippen molar-refractivity contribution in [1.29, 1.82) is 0 Å². The summed E-state index contributed by atoms with van der Waals surface area (Å²) in [6.07, 6.45) is 2.92. The second-order valence-electron chi connectivity index (χ2n) is 6.49. The van der Waals surface area contributed by atoms with Gasteiger partial charge in [0.2, 0.25) is 0 Å². The lowest BCUT2D eigenvalue weighted by atomic mass is 10.1. The minimum Gasteiger partial charge on any atom is -0.322 e. The van der Waals surface area contributed by atoms with Gasteiger partial charge in [-0.15, -0.1) is 0 Å². The molecule has 0 aliphatic heterocycles. The number of amides is 2. The summed E-state index contributed by atoms with van der Waals surface area (Å²) in [5, 5.41) is 2.86. The van der Waals surface area contributed by atoms with Crippen molar-refractivity contribution in [2.24, 2.45) is 0 Å². The summed E-state index contributed by atoms with van der Waals surface area (Å²) in [7, 11) is 1.69. The highest BCUT2D eigenvalue weighted by Crippen LogP contribution is 2.17. The molecule has 2 amide bonds. The van der Waals surface area contributed by atoms with Gasteiger partial charge in [-0.2, -0.15) is 0 Å². The number of anilines is 2. The lowest BCUT2D eigenvalue weighted by molar-refractivity contribution is 0.0992. The van der Waals surface area contributed by atoms with E-state index in [0.29, 0.717) is 11.1 Å².